The van der Waals surface area contributed by atoms with Crippen molar-refractivity contribution in [2.45, 2.75) is 13.3 Å². The second kappa shape index (κ2) is 6.35. The highest BCUT2D eigenvalue weighted by Gasteiger charge is 2.01. The van der Waals surface area contributed by atoms with Crippen molar-refractivity contribution in [3.63, 3.8) is 0 Å². The fourth-order valence-corrected chi connectivity index (χ4v) is 1.86. The van der Waals surface area contributed by atoms with E-state index in [1.165, 1.54) is 0 Å². The minimum absolute atomic E-state index is 0.774. The van der Waals surface area contributed by atoms with E-state index in [1.54, 1.807) is 6.33 Å². The summed E-state index contributed by atoms with van der Waals surface area (Å²) in [7, 11) is 0. The Balaban J connectivity index is 2.12. The third-order valence-electron chi connectivity index (χ3n) is 2.36. The van der Waals surface area contributed by atoms with Crippen molar-refractivity contribution in [2.75, 3.05) is 17.2 Å². The van der Waals surface area contributed by atoms with E-state index in [4.69, 9.17) is 0 Å². The van der Waals surface area contributed by atoms with Crippen LogP contribution in [0.2, 0.25) is 0 Å². The van der Waals surface area contributed by atoms with E-state index in [9.17, 15) is 0 Å². The first kappa shape index (κ1) is 12.8. The molecule has 0 amide bonds. The second-order valence-electron chi connectivity index (χ2n) is 3.82. The smallest absolute Gasteiger partial charge is 0.135 e. The monoisotopic (exact) mass is 306 g/mol. The van der Waals surface area contributed by atoms with Gasteiger partial charge in [-0.25, -0.2) is 9.97 Å². The number of nitrogens with one attached hydrogen (secondary N) is 2. The fourth-order valence-electron chi connectivity index (χ4n) is 1.48. The van der Waals surface area contributed by atoms with Crippen LogP contribution in [0.3, 0.4) is 0 Å². The number of rotatable bonds is 5. The molecule has 0 saturated heterocycles. The minimum Gasteiger partial charge on any atom is -0.370 e. The lowest BCUT2D eigenvalue weighted by Gasteiger charge is -2.09. The molecule has 5 heteroatoms. The topological polar surface area (TPSA) is 49.8 Å². The Hall–Kier alpha value is -1.62. The summed E-state index contributed by atoms with van der Waals surface area (Å²) in [5.74, 6) is 1.61. The minimum atomic E-state index is 0.774. The SMILES string of the molecule is CCCNc1cc(Nc2ccccc2Br)ncn1. The van der Waals surface area contributed by atoms with Gasteiger partial charge in [-0.2, -0.15) is 0 Å². The average molecular weight is 307 g/mol. The second-order valence-corrected chi connectivity index (χ2v) is 4.67. The van der Waals surface area contributed by atoms with Crippen LogP contribution >= 0.6 is 15.9 Å². The van der Waals surface area contributed by atoms with E-state index in [0.29, 0.717) is 0 Å². The van der Waals surface area contributed by atoms with Crippen molar-refractivity contribution >= 4 is 33.3 Å². The summed E-state index contributed by atoms with van der Waals surface area (Å²) in [6, 6.07) is 9.83. The van der Waals surface area contributed by atoms with E-state index in [-0.39, 0.29) is 0 Å². The van der Waals surface area contributed by atoms with Crippen LogP contribution in [0.25, 0.3) is 0 Å². The maximum atomic E-state index is 4.20. The molecule has 0 aliphatic rings. The van der Waals surface area contributed by atoms with Crippen LogP contribution in [0.15, 0.2) is 41.1 Å². The Morgan fingerprint density at radius 1 is 1.17 bits per heavy atom. The first-order valence-electron chi connectivity index (χ1n) is 5.87. The zero-order chi connectivity index (χ0) is 12.8. The molecule has 0 aliphatic carbocycles. The van der Waals surface area contributed by atoms with Crippen molar-refractivity contribution in [1.82, 2.24) is 9.97 Å². The van der Waals surface area contributed by atoms with E-state index in [2.05, 4.69) is 43.5 Å². The maximum Gasteiger partial charge on any atom is 0.135 e. The first-order chi connectivity index (χ1) is 8.79. The normalized spacial score (nSPS) is 10.1. The number of anilines is 3. The molecule has 0 aliphatic heterocycles. The van der Waals surface area contributed by atoms with Crippen molar-refractivity contribution in [1.29, 1.82) is 0 Å². The Labute approximate surface area is 115 Å². The molecule has 0 spiro atoms. The van der Waals surface area contributed by atoms with Crippen LogP contribution in [-0.2, 0) is 0 Å². The summed E-state index contributed by atoms with van der Waals surface area (Å²) in [5, 5.41) is 6.48. The van der Waals surface area contributed by atoms with Gasteiger partial charge in [0.15, 0.2) is 0 Å². The predicted molar refractivity (Wildman–Crippen MR) is 78.2 cm³/mol. The van der Waals surface area contributed by atoms with Gasteiger partial charge in [0, 0.05) is 17.1 Å². The van der Waals surface area contributed by atoms with Gasteiger partial charge in [0.05, 0.1) is 5.69 Å². The number of hydrogen-bond acceptors (Lipinski definition) is 4. The van der Waals surface area contributed by atoms with Gasteiger partial charge >= 0.3 is 0 Å². The molecule has 0 bridgehead atoms. The van der Waals surface area contributed by atoms with E-state index < -0.39 is 0 Å². The Bertz CT molecular complexity index is 516. The highest BCUT2D eigenvalue weighted by Crippen LogP contribution is 2.24. The molecule has 18 heavy (non-hydrogen) atoms. The summed E-state index contributed by atoms with van der Waals surface area (Å²) in [6.07, 6.45) is 2.62. The van der Waals surface area contributed by atoms with Crippen LogP contribution < -0.4 is 10.6 Å². The average Bonchev–Trinajstić information content (AvgIpc) is 2.40. The van der Waals surface area contributed by atoms with Crippen molar-refractivity contribution < 1.29 is 0 Å². The molecule has 0 saturated carbocycles. The standard InChI is InChI=1S/C13H15BrN4/c1-2-7-15-12-8-13(17-9-16-12)18-11-6-4-3-5-10(11)14/h3-6,8-9H,2,7H2,1H3,(H2,15,16,17,18). The van der Waals surface area contributed by atoms with Gasteiger partial charge in [0.25, 0.3) is 0 Å². The molecular weight excluding hydrogens is 292 g/mol. The van der Waals surface area contributed by atoms with Crippen molar-refractivity contribution in [3.05, 3.63) is 41.1 Å². The third-order valence-corrected chi connectivity index (χ3v) is 3.05. The lowest BCUT2D eigenvalue weighted by atomic mass is 10.3. The van der Waals surface area contributed by atoms with Gasteiger partial charge in [0.2, 0.25) is 0 Å². The van der Waals surface area contributed by atoms with Crippen LogP contribution in [-0.4, -0.2) is 16.5 Å². The molecule has 1 aromatic carbocycles. The summed E-state index contributed by atoms with van der Waals surface area (Å²) in [5.41, 5.74) is 0.984. The summed E-state index contributed by atoms with van der Waals surface area (Å²) in [4.78, 5) is 8.37. The van der Waals surface area contributed by atoms with Crippen molar-refractivity contribution in [3.8, 4) is 0 Å². The summed E-state index contributed by atoms with van der Waals surface area (Å²) < 4.78 is 1.01. The van der Waals surface area contributed by atoms with Crippen LogP contribution in [0.4, 0.5) is 17.3 Å². The largest absolute Gasteiger partial charge is 0.370 e. The van der Waals surface area contributed by atoms with Crippen molar-refractivity contribution in [2.24, 2.45) is 0 Å². The molecule has 0 unspecified atom stereocenters. The lowest BCUT2D eigenvalue weighted by Crippen LogP contribution is -2.03. The number of benzene rings is 1. The molecule has 94 valence electrons. The number of halogens is 1. The number of para-hydroxylation sites is 1. The van der Waals surface area contributed by atoms with Gasteiger partial charge in [-0.3, -0.25) is 0 Å². The van der Waals surface area contributed by atoms with Gasteiger partial charge < -0.3 is 10.6 Å². The fraction of sp³-hybridized carbons (Fsp3) is 0.231. The number of nitrogens with zero attached hydrogens (tertiary/aromatic N) is 2. The van der Waals surface area contributed by atoms with Crippen LogP contribution in [0, 0.1) is 0 Å². The highest BCUT2D eigenvalue weighted by atomic mass is 79.9. The molecule has 1 aromatic heterocycles. The molecule has 0 fully saturated rings. The molecule has 2 aromatic rings. The van der Waals surface area contributed by atoms with Crippen LogP contribution in [0.5, 0.6) is 0 Å². The zero-order valence-electron chi connectivity index (χ0n) is 10.2. The van der Waals surface area contributed by atoms with Gasteiger partial charge in [-0.05, 0) is 34.5 Å². The van der Waals surface area contributed by atoms with Gasteiger partial charge in [-0.1, -0.05) is 19.1 Å². The number of hydrogen-bond donors (Lipinski definition) is 2. The Morgan fingerprint density at radius 3 is 2.72 bits per heavy atom. The van der Waals surface area contributed by atoms with E-state index in [1.807, 2.05) is 30.3 Å². The lowest BCUT2D eigenvalue weighted by molar-refractivity contribution is 0.965. The third kappa shape index (κ3) is 3.43. The maximum absolute atomic E-state index is 4.20. The summed E-state index contributed by atoms with van der Waals surface area (Å²) >= 11 is 3.49. The van der Waals surface area contributed by atoms with E-state index in [0.717, 1.165) is 34.8 Å². The van der Waals surface area contributed by atoms with E-state index >= 15 is 0 Å². The molecule has 0 radical (unpaired) electrons. The highest BCUT2D eigenvalue weighted by molar-refractivity contribution is 9.10. The zero-order valence-corrected chi connectivity index (χ0v) is 11.7. The molecule has 0 atom stereocenters. The van der Waals surface area contributed by atoms with Gasteiger partial charge in [-0.15, -0.1) is 0 Å². The molecule has 2 rings (SSSR count). The predicted octanol–water partition coefficient (Wildman–Crippen LogP) is 3.80. The Kier molecular flexibility index (Phi) is 4.52. The van der Waals surface area contributed by atoms with Crippen LogP contribution in [0.1, 0.15) is 13.3 Å². The molecule has 1 heterocycles. The number of aromatic nitrogens is 2. The molecular formula is C13H15BrN4. The molecule has 4 nitrogen and oxygen atoms in total. The first-order valence-corrected chi connectivity index (χ1v) is 6.66. The molecule has 2 N–H and O–H groups in total. The quantitative estimate of drug-likeness (QED) is 0.882. The Morgan fingerprint density at radius 2 is 1.94 bits per heavy atom. The summed E-state index contributed by atoms with van der Waals surface area (Å²) in [6.45, 7) is 3.03. The van der Waals surface area contributed by atoms with Gasteiger partial charge in [0.1, 0.15) is 18.0 Å².